The third-order valence-corrected chi connectivity index (χ3v) is 4.69. The maximum atomic E-state index is 13.7. The Morgan fingerprint density at radius 3 is 2.20 bits per heavy atom. The van der Waals surface area contributed by atoms with E-state index in [1.165, 1.54) is 12.1 Å². The van der Waals surface area contributed by atoms with Crippen molar-refractivity contribution in [2.45, 2.75) is 45.4 Å². The van der Waals surface area contributed by atoms with E-state index in [4.69, 9.17) is 5.73 Å². The molecule has 2 aromatic carbocycles. The number of carbonyl (C=O) groups excluding carboxylic acids is 1. The van der Waals surface area contributed by atoms with E-state index in [2.05, 4.69) is 12.6 Å². The summed E-state index contributed by atoms with van der Waals surface area (Å²) in [6, 6.07) is 14.0. The van der Waals surface area contributed by atoms with Gasteiger partial charge in [-0.15, -0.1) is 0 Å². The van der Waals surface area contributed by atoms with E-state index in [-0.39, 0.29) is 17.8 Å². The van der Waals surface area contributed by atoms with E-state index < -0.39 is 12.2 Å². The fraction of sp³-hybridized carbons (Fsp3) is 0.458. The molecule has 3 unspecified atom stereocenters. The highest BCUT2D eigenvalue weighted by Crippen LogP contribution is 2.25. The quantitative estimate of drug-likeness (QED) is 0.535. The molecule has 1 aliphatic rings. The number of carbonyl (C=O) groups is 1. The van der Waals surface area contributed by atoms with Crippen molar-refractivity contribution in [1.29, 1.82) is 0 Å². The summed E-state index contributed by atoms with van der Waals surface area (Å²) in [5, 5.41) is 0. The minimum absolute atomic E-state index is 0.00207. The lowest BCUT2D eigenvalue weighted by Crippen LogP contribution is -2.41. The number of rotatable bonds is 4. The molecule has 2 aromatic rings. The first-order chi connectivity index (χ1) is 14.2. The number of nitrogens with zero attached hydrogens (tertiary/aromatic N) is 1. The van der Waals surface area contributed by atoms with E-state index in [9.17, 15) is 13.6 Å². The van der Waals surface area contributed by atoms with Crippen LogP contribution in [0.1, 0.15) is 26.3 Å². The number of nitrogens with two attached hydrogens (primary N) is 1. The Balaban J connectivity index is 0.000000485. The molecule has 1 fully saturated rings. The topological polar surface area (TPSA) is 46.3 Å². The molecule has 30 heavy (non-hydrogen) atoms. The second-order valence-electron chi connectivity index (χ2n) is 7.71. The van der Waals surface area contributed by atoms with Gasteiger partial charge in [-0.25, -0.2) is 8.78 Å². The molecule has 0 amide bonds. The van der Waals surface area contributed by atoms with Crippen molar-refractivity contribution in [2.75, 3.05) is 19.3 Å². The van der Waals surface area contributed by atoms with Gasteiger partial charge in [0.1, 0.15) is 18.3 Å². The normalized spacial score (nSPS) is 20.8. The van der Waals surface area contributed by atoms with Crippen LogP contribution in [0, 0.1) is 11.7 Å². The molecule has 0 spiro atoms. The minimum atomic E-state index is -0.971. The fourth-order valence-electron chi connectivity index (χ4n) is 3.15. The molecular weight excluding hydrogens is 402 g/mol. The lowest BCUT2D eigenvalue weighted by atomic mass is 9.97. The third kappa shape index (κ3) is 8.54. The van der Waals surface area contributed by atoms with Gasteiger partial charge in [-0.1, -0.05) is 57.2 Å². The Bertz CT molecular complexity index is 772. The number of alkyl halides is 1. The summed E-state index contributed by atoms with van der Waals surface area (Å²) in [6.45, 7) is 6.08. The van der Waals surface area contributed by atoms with Gasteiger partial charge in [0.25, 0.3) is 0 Å². The van der Waals surface area contributed by atoms with Crippen LogP contribution in [0.4, 0.5) is 8.78 Å². The van der Waals surface area contributed by atoms with Crippen molar-refractivity contribution in [2.24, 2.45) is 11.7 Å². The number of halogens is 2. The van der Waals surface area contributed by atoms with Crippen LogP contribution in [0.5, 0.6) is 0 Å². The highest BCUT2D eigenvalue weighted by molar-refractivity contribution is 7.80. The number of aldehydes is 1. The van der Waals surface area contributed by atoms with Crippen molar-refractivity contribution in [3.8, 4) is 11.1 Å². The van der Waals surface area contributed by atoms with Gasteiger partial charge in [-0.2, -0.15) is 12.6 Å². The molecule has 2 N–H and O–H groups in total. The van der Waals surface area contributed by atoms with Crippen LogP contribution in [0.25, 0.3) is 11.1 Å². The molecule has 3 atom stereocenters. The smallest absolute Gasteiger partial charge is 0.129 e. The Hall–Kier alpha value is -1.76. The van der Waals surface area contributed by atoms with Crippen LogP contribution >= 0.6 is 12.6 Å². The molecule has 0 radical (unpaired) electrons. The van der Waals surface area contributed by atoms with E-state index in [1.54, 1.807) is 6.07 Å². The monoisotopic (exact) mass is 436 g/mol. The highest BCUT2D eigenvalue weighted by Gasteiger charge is 2.37. The molecule has 1 saturated heterocycles. The molecule has 0 bridgehead atoms. The van der Waals surface area contributed by atoms with Crippen LogP contribution in [0.3, 0.4) is 0 Å². The standard InChI is InChI=1S/C18H20F2N2.C4H8O.C2H6S/c1-22-11-16(20)18(21)17(22)9-12-4-2-5-13(8-12)14-6-3-7-15(19)10-14;1-4(2)3-5;1-2-3/h2-8,10,16-18H,9,11,21H2,1H3;3-4H,1-2H3;3H,2H2,1H3. The zero-order valence-corrected chi connectivity index (χ0v) is 19.2. The number of thiol groups is 1. The van der Waals surface area contributed by atoms with Crippen molar-refractivity contribution in [1.82, 2.24) is 4.90 Å². The van der Waals surface area contributed by atoms with Gasteiger partial charge in [0, 0.05) is 18.5 Å². The van der Waals surface area contributed by atoms with Crippen LogP contribution in [-0.4, -0.2) is 48.8 Å². The van der Waals surface area contributed by atoms with Gasteiger partial charge in [0.2, 0.25) is 0 Å². The number of hydrogen-bond donors (Lipinski definition) is 2. The lowest BCUT2D eigenvalue weighted by molar-refractivity contribution is -0.110. The second kappa shape index (κ2) is 13.5. The van der Waals surface area contributed by atoms with E-state index in [0.29, 0.717) is 13.0 Å². The van der Waals surface area contributed by atoms with Gasteiger partial charge < -0.3 is 10.5 Å². The average Bonchev–Trinajstić information content (AvgIpc) is 2.95. The fourth-order valence-corrected chi connectivity index (χ4v) is 3.15. The maximum Gasteiger partial charge on any atom is 0.129 e. The first-order valence-corrected chi connectivity index (χ1v) is 10.9. The van der Waals surface area contributed by atoms with E-state index >= 15 is 0 Å². The maximum absolute atomic E-state index is 13.7. The molecule has 1 heterocycles. The Morgan fingerprint density at radius 2 is 1.73 bits per heavy atom. The molecule has 3 nitrogen and oxygen atoms in total. The average molecular weight is 437 g/mol. The molecule has 166 valence electrons. The molecule has 0 aliphatic carbocycles. The van der Waals surface area contributed by atoms with Crippen molar-refractivity contribution >= 4 is 18.9 Å². The Morgan fingerprint density at radius 1 is 1.20 bits per heavy atom. The summed E-state index contributed by atoms with van der Waals surface area (Å²) in [6.07, 6.45) is 0.641. The number of likely N-dealkylation sites (N-methyl/N-ethyl adjacent to an activating group) is 1. The number of hydrogen-bond acceptors (Lipinski definition) is 4. The molecule has 0 aromatic heterocycles. The number of benzene rings is 2. The van der Waals surface area contributed by atoms with Crippen LogP contribution in [0.15, 0.2) is 48.5 Å². The van der Waals surface area contributed by atoms with Gasteiger partial charge in [-0.05, 0) is 48.0 Å². The predicted molar refractivity (Wildman–Crippen MR) is 125 cm³/mol. The van der Waals surface area contributed by atoms with E-state index in [1.807, 2.05) is 63.1 Å². The summed E-state index contributed by atoms with van der Waals surface area (Å²) in [5.41, 5.74) is 8.85. The van der Waals surface area contributed by atoms with Crippen molar-refractivity contribution in [3.63, 3.8) is 0 Å². The van der Waals surface area contributed by atoms with Crippen LogP contribution in [-0.2, 0) is 11.2 Å². The summed E-state index contributed by atoms with van der Waals surface area (Å²) in [4.78, 5) is 11.5. The van der Waals surface area contributed by atoms with Gasteiger partial charge >= 0.3 is 0 Å². The number of likely N-dealkylation sites (tertiary alicyclic amines) is 1. The molecule has 6 heteroatoms. The van der Waals surface area contributed by atoms with Crippen LogP contribution in [0.2, 0.25) is 0 Å². The van der Waals surface area contributed by atoms with Crippen LogP contribution < -0.4 is 5.73 Å². The highest BCUT2D eigenvalue weighted by atomic mass is 32.1. The molecule has 1 aliphatic heterocycles. The summed E-state index contributed by atoms with van der Waals surface area (Å²) in [5.74, 6) is 0.899. The molecular formula is C24H34F2N2OS. The largest absolute Gasteiger partial charge is 0.324 e. The van der Waals surface area contributed by atoms with Crippen molar-refractivity contribution in [3.05, 3.63) is 59.9 Å². The zero-order valence-electron chi connectivity index (χ0n) is 18.3. The summed E-state index contributed by atoms with van der Waals surface area (Å²) < 4.78 is 27.1. The predicted octanol–water partition coefficient (Wildman–Crippen LogP) is 4.79. The minimum Gasteiger partial charge on any atom is -0.324 e. The summed E-state index contributed by atoms with van der Waals surface area (Å²) in [7, 11) is 1.90. The van der Waals surface area contributed by atoms with Crippen molar-refractivity contribution < 1.29 is 13.6 Å². The Kier molecular flexibility index (Phi) is 11.8. The lowest BCUT2D eigenvalue weighted by Gasteiger charge is -2.22. The van der Waals surface area contributed by atoms with E-state index in [0.717, 1.165) is 28.7 Å². The van der Waals surface area contributed by atoms with Gasteiger partial charge in [0.05, 0.1) is 6.04 Å². The first-order valence-electron chi connectivity index (χ1n) is 10.2. The van der Waals surface area contributed by atoms with Gasteiger partial charge in [0.15, 0.2) is 0 Å². The van der Waals surface area contributed by atoms with Gasteiger partial charge in [-0.3, -0.25) is 4.90 Å². The Labute approximate surface area is 185 Å². The summed E-state index contributed by atoms with van der Waals surface area (Å²) >= 11 is 3.79. The third-order valence-electron chi connectivity index (χ3n) is 4.69. The molecule has 3 rings (SSSR count). The zero-order chi connectivity index (χ0) is 22.7. The SMILES string of the molecule is CC(C)C=O.CCS.CN1CC(F)C(N)C1Cc1cccc(-c2cccc(F)c2)c1. The first kappa shape index (κ1) is 26.3. The molecule has 0 saturated carbocycles. The second-order valence-corrected chi connectivity index (χ2v) is 8.34.